The monoisotopic (exact) mass is 622 g/mol. The van der Waals surface area contributed by atoms with Crippen molar-refractivity contribution in [2.75, 3.05) is 37.5 Å². The number of para-hydroxylation sites is 3. The van der Waals surface area contributed by atoms with Crippen molar-refractivity contribution in [3.05, 3.63) is 82.5 Å². The molecule has 0 atom stereocenters. The fourth-order valence-electron chi connectivity index (χ4n) is 3.89. The molecule has 4 rings (SSSR count). The van der Waals surface area contributed by atoms with Crippen molar-refractivity contribution in [2.45, 2.75) is 6.92 Å². The number of carbonyl (C=O) groups excluding carboxylic acids is 4. The molecule has 212 valence electrons. The lowest BCUT2D eigenvalue weighted by Gasteiger charge is -2.15. The normalized spacial score (nSPS) is 13.5. The zero-order valence-electron chi connectivity index (χ0n) is 22.2. The number of ether oxygens (including phenoxy) is 3. The van der Waals surface area contributed by atoms with Gasteiger partial charge in [0.2, 0.25) is 5.91 Å². The summed E-state index contributed by atoms with van der Waals surface area (Å²) in [5.74, 6) is -0.528. The van der Waals surface area contributed by atoms with Gasteiger partial charge < -0.3 is 30.2 Å². The summed E-state index contributed by atoms with van der Waals surface area (Å²) in [4.78, 5) is 51.2. The van der Waals surface area contributed by atoms with E-state index in [1.54, 1.807) is 67.6 Å². The van der Waals surface area contributed by atoms with E-state index in [0.717, 1.165) is 4.90 Å². The Morgan fingerprint density at radius 2 is 1.68 bits per heavy atom. The molecule has 0 unspecified atom stereocenters. The van der Waals surface area contributed by atoms with Gasteiger partial charge in [0.15, 0.2) is 18.1 Å². The van der Waals surface area contributed by atoms with Crippen molar-refractivity contribution in [3.63, 3.8) is 0 Å². The molecule has 0 bridgehead atoms. The van der Waals surface area contributed by atoms with Crippen LogP contribution < -0.4 is 30.2 Å². The van der Waals surface area contributed by atoms with Crippen LogP contribution in [0.3, 0.4) is 0 Å². The minimum absolute atomic E-state index is 0.0228. The number of nitrogens with zero attached hydrogens (tertiary/aromatic N) is 1. The molecule has 41 heavy (non-hydrogen) atoms. The van der Waals surface area contributed by atoms with Crippen LogP contribution in [0.2, 0.25) is 0 Å². The van der Waals surface area contributed by atoms with E-state index in [1.807, 2.05) is 6.07 Å². The van der Waals surface area contributed by atoms with Gasteiger partial charge in [0.05, 0.1) is 23.9 Å². The Kier molecular flexibility index (Phi) is 9.59. The van der Waals surface area contributed by atoms with Crippen LogP contribution in [0.5, 0.6) is 17.2 Å². The molecular weight excluding hydrogens is 596 g/mol. The maximum Gasteiger partial charge on any atom is 0.329 e. The number of amides is 5. The number of rotatable bonds is 11. The highest BCUT2D eigenvalue weighted by atomic mass is 79.9. The fraction of sp³-hybridized carbons (Fsp3) is 0.172. The first-order chi connectivity index (χ1) is 19.8. The molecule has 1 aliphatic heterocycles. The number of halogens is 1. The highest BCUT2D eigenvalue weighted by Crippen LogP contribution is 2.37. The van der Waals surface area contributed by atoms with Gasteiger partial charge in [-0.15, -0.1) is 0 Å². The second-order valence-corrected chi connectivity index (χ2v) is 9.45. The lowest BCUT2D eigenvalue weighted by molar-refractivity contribution is -0.127. The summed E-state index contributed by atoms with van der Waals surface area (Å²) in [7, 11) is 1.47. The van der Waals surface area contributed by atoms with E-state index in [-0.39, 0.29) is 18.2 Å². The van der Waals surface area contributed by atoms with Crippen molar-refractivity contribution >= 4 is 57.1 Å². The van der Waals surface area contributed by atoms with Gasteiger partial charge in [-0.05, 0) is 70.9 Å². The number of urea groups is 1. The Hall–Kier alpha value is -4.84. The second-order valence-electron chi connectivity index (χ2n) is 8.59. The van der Waals surface area contributed by atoms with Gasteiger partial charge >= 0.3 is 6.03 Å². The first-order valence-corrected chi connectivity index (χ1v) is 13.3. The molecule has 11 nitrogen and oxygen atoms in total. The summed E-state index contributed by atoms with van der Waals surface area (Å²) >= 11 is 3.44. The summed E-state index contributed by atoms with van der Waals surface area (Å²) in [6, 6.07) is 18.3. The lowest BCUT2D eigenvalue weighted by Crippen LogP contribution is -2.38. The Bertz CT molecular complexity index is 1490. The van der Waals surface area contributed by atoms with Crippen LogP contribution in [-0.4, -0.2) is 55.5 Å². The maximum absolute atomic E-state index is 13.0. The number of anilines is 2. The van der Waals surface area contributed by atoms with Crippen LogP contribution in [0.15, 0.2) is 76.9 Å². The third-order valence-electron chi connectivity index (χ3n) is 5.69. The molecule has 0 aliphatic carbocycles. The van der Waals surface area contributed by atoms with Crippen LogP contribution in [0.4, 0.5) is 16.2 Å². The fourth-order valence-corrected chi connectivity index (χ4v) is 4.47. The van der Waals surface area contributed by atoms with Crippen LogP contribution in [0, 0.1) is 0 Å². The average molecular weight is 623 g/mol. The molecule has 3 aromatic rings. The molecule has 1 saturated heterocycles. The molecule has 12 heteroatoms. The molecule has 0 radical (unpaired) electrons. The van der Waals surface area contributed by atoms with Crippen LogP contribution in [0.25, 0.3) is 6.08 Å². The third-order valence-corrected chi connectivity index (χ3v) is 6.28. The number of carbonyl (C=O) groups is 4. The summed E-state index contributed by atoms with van der Waals surface area (Å²) in [5, 5.41) is 7.88. The smallest absolute Gasteiger partial charge is 0.329 e. The molecule has 3 aromatic carbocycles. The van der Waals surface area contributed by atoms with Crippen molar-refractivity contribution in [1.29, 1.82) is 0 Å². The molecule has 0 aromatic heterocycles. The van der Waals surface area contributed by atoms with Crippen LogP contribution in [0.1, 0.15) is 12.5 Å². The van der Waals surface area contributed by atoms with E-state index in [9.17, 15) is 19.2 Å². The van der Waals surface area contributed by atoms with E-state index in [0.29, 0.717) is 45.3 Å². The van der Waals surface area contributed by atoms with E-state index in [1.165, 1.54) is 13.2 Å². The SMILES string of the molecule is CCOc1cc(/C=C2/NC(=O)N(CC(=O)Nc3ccccc3OC)C2=O)cc(Br)c1OCC(=O)Nc1ccccc1. The number of benzene rings is 3. The predicted molar refractivity (Wildman–Crippen MR) is 156 cm³/mol. The van der Waals surface area contributed by atoms with Crippen LogP contribution in [-0.2, 0) is 14.4 Å². The topological polar surface area (TPSA) is 135 Å². The molecule has 1 fully saturated rings. The summed E-state index contributed by atoms with van der Waals surface area (Å²) in [5.41, 5.74) is 1.54. The highest BCUT2D eigenvalue weighted by molar-refractivity contribution is 9.10. The molecule has 5 amide bonds. The lowest BCUT2D eigenvalue weighted by atomic mass is 10.1. The quantitative estimate of drug-likeness (QED) is 0.213. The number of nitrogens with one attached hydrogen (secondary N) is 3. The van der Waals surface area contributed by atoms with Crippen molar-refractivity contribution in [1.82, 2.24) is 10.2 Å². The molecule has 0 saturated carbocycles. The minimum atomic E-state index is -0.732. The third kappa shape index (κ3) is 7.42. The van der Waals surface area contributed by atoms with Crippen molar-refractivity contribution in [2.24, 2.45) is 0 Å². The average Bonchev–Trinajstić information content (AvgIpc) is 3.20. The number of hydrogen-bond donors (Lipinski definition) is 3. The predicted octanol–water partition coefficient (Wildman–Crippen LogP) is 4.41. The Morgan fingerprint density at radius 3 is 2.41 bits per heavy atom. The number of imide groups is 1. The van der Waals surface area contributed by atoms with Gasteiger partial charge in [-0.25, -0.2) is 9.69 Å². The largest absolute Gasteiger partial charge is 0.495 e. The van der Waals surface area contributed by atoms with Gasteiger partial charge in [-0.3, -0.25) is 14.4 Å². The van der Waals surface area contributed by atoms with Gasteiger partial charge in [0, 0.05) is 5.69 Å². The van der Waals surface area contributed by atoms with Crippen molar-refractivity contribution in [3.8, 4) is 17.2 Å². The molecular formula is C29H27BrN4O7. The zero-order chi connectivity index (χ0) is 29.4. The molecule has 1 aliphatic rings. The molecule has 3 N–H and O–H groups in total. The molecule has 0 spiro atoms. The van der Waals surface area contributed by atoms with Gasteiger partial charge in [0.1, 0.15) is 18.0 Å². The summed E-state index contributed by atoms with van der Waals surface area (Å²) in [6.45, 7) is 1.34. The van der Waals surface area contributed by atoms with Crippen molar-refractivity contribution < 1.29 is 33.4 Å². The Balaban J connectivity index is 1.45. The summed E-state index contributed by atoms with van der Waals surface area (Å²) < 4.78 is 17.1. The van der Waals surface area contributed by atoms with E-state index < -0.39 is 24.4 Å². The number of methoxy groups -OCH3 is 1. The highest BCUT2D eigenvalue weighted by Gasteiger charge is 2.35. The standard InChI is InChI=1S/C29H27BrN4O7/c1-3-40-24-15-18(13-20(30)27(24)41-17-26(36)31-19-9-5-4-6-10-19)14-22-28(37)34(29(38)33-22)16-25(35)32-21-11-7-8-12-23(21)39-2/h4-15H,3,16-17H2,1-2H3,(H,31,36)(H,32,35)(H,33,38)/b22-14+. The van der Waals surface area contributed by atoms with E-state index >= 15 is 0 Å². The first-order valence-electron chi connectivity index (χ1n) is 12.5. The van der Waals surface area contributed by atoms with E-state index in [2.05, 4.69) is 31.9 Å². The first kappa shape index (κ1) is 29.2. The Labute approximate surface area is 244 Å². The molecule has 1 heterocycles. The maximum atomic E-state index is 13.0. The van der Waals surface area contributed by atoms with Gasteiger partial charge in [0.25, 0.3) is 11.8 Å². The van der Waals surface area contributed by atoms with Gasteiger partial charge in [-0.1, -0.05) is 30.3 Å². The Morgan fingerprint density at radius 1 is 0.951 bits per heavy atom. The minimum Gasteiger partial charge on any atom is -0.495 e. The number of hydrogen-bond acceptors (Lipinski definition) is 7. The van der Waals surface area contributed by atoms with E-state index in [4.69, 9.17) is 14.2 Å². The zero-order valence-corrected chi connectivity index (χ0v) is 23.8. The summed E-state index contributed by atoms with van der Waals surface area (Å²) in [6.07, 6.45) is 1.46. The van der Waals surface area contributed by atoms with Gasteiger partial charge in [-0.2, -0.15) is 0 Å². The second kappa shape index (κ2) is 13.5. The van der Waals surface area contributed by atoms with Crippen LogP contribution >= 0.6 is 15.9 Å².